The van der Waals surface area contributed by atoms with Crippen molar-refractivity contribution in [2.24, 2.45) is 7.05 Å². The van der Waals surface area contributed by atoms with Gasteiger partial charge in [-0.1, -0.05) is 30.8 Å². The lowest BCUT2D eigenvalue weighted by Gasteiger charge is -2.27. The third kappa shape index (κ3) is 4.64. The first kappa shape index (κ1) is 22.7. The number of carbonyl (C=O) groups is 1. The molecule has 2 N–H and O–H groups in total. The number of nitrogens with zero attached hydrogens (tertiary/aromatic N) is 3. The number of aromatic nitrogens is 2. The fraction of sp³-hybridized carbons (Fsp3) is 0.241. The number of rotatable bonds is 7. The van der Waals surface area contributed by atoms with Crippen molar-refractivity contribution in [2.45, 2.75) is 32.4 Å². The molecule has 3 heterocycles. The van der Waals surface area contributed by atoms with Crippen LogP contribution in [0, 0.1) is 0 Å². The van der Waals surface area contributed by atoms with Gasteiger partial charge in [-0.25, -0.2) is 4.98 Å². The molecule has 178 valence electrons. The predicted molar refractivity (Wildman–Crippen MR) is 145 cm³/mol. The van der Waals surface area contributed by atoms with Gasteiger partial charge in [0.05, 0.1) is 11.4 Å². The van der Waals surface area contributed by atoms with E-state index in [1.807, 2.05) is 18.3 Å². The molecule has 0 saturated carbocycles. The highest BCUT2D eigenvalue weighted by molar-refractivity contribution is 6.01. The van der Waals surface area contributed by atoms with Crippen molar-refractivity contribution >= 4 is 34.0 Å². The Morgan fingerprint density at radius 1 is 1.20 bits per heavy atom. The SMILES string of the molecule is C=CC(=O)Nc1cc(CNc2cc(-c3cn(C)c4ccccc34)ccn2)ccc1N1CCCC1C. The van der Waals surface area contributed by atoms with Gasteiger partial charge in [0.2, 0.25) is 5.91 Å². The topological polar surface area (TPSA) is 62.2 Å². The Balaban J connectivity index is 1.38. The van der Waals surface area contributed by atoms with E-state index in [1.54, 1.807) is 0 Å². The van der Waals surface area contributed by atoms with Crippen molar-refractivity contribution in [3.8, 4) is 11.1 Å². The molecule has 4 aromatic rings. The highest BCUT2D eigenvalue weighted by Gasteiger charge is 2.23. The zero-order valence-corrected chi connectivity index (χ0v) is 20.3. The summed E-state index contributed by atoms with van der Waals surface area (Å²) in [6.07, 6.45) is 7.64. The predicted octanol–water partition coefficient (Wildman–Crippen LogP) is 5.97. The minimum Gasteiger partial charge on any atom is -0.367 e. The average molecular weight is 466 g/mol. The van der Waals surface area contributed by atoms with Gasteiger partial charge in [0.25, 0.3) is 0 Å². The lowest BCUT2D eigenvalue weighted by molar-refractivity contribution is -0.111. The fourth-order valence-corrected chi connectivity index (χ4v) is 4.98. The number of hydrogen-bond acceptors (Lipinski definition) is 4. The number of amides is 1. The average Bonchev–Trinajstić information content (AvgIpc) is 3.46. The van der Waals surface area contributed by atoms with E-state index in [2.05, 4.69) is 94.3 Å². The third-order valence-corrected chi connectivity index (χ3v) is 6.81. The molecule has 1 aliphatic rings. The molecule has 1 unspecified atom stereocenters. The summed E-state index contributed by atoms with van der Waals surface area (Å²) in [6, 6.07) is 19.3. The lowest BCUT2D eigenvalue weighted by Crippen LogP contribution is -2.27. The number of anilines is 3. The maximum absolute atomic E-state index is 12.1. The van der Waals surface area contributed by atoms with Crippen LogP contribution in [0.1, 0.15) is 25.3 Å². The second-order valence-electron chi connectivity index (χ2n) is 9.18. The summed E-state index contributed by atoms with van der Waals surface area (Å²) in [7, 11) is 2.07. The minimum atomic E-state index is -0.201. The summed E-state index contributed by atoms with van der Waals surface area (Å²) in [5.41, 5.74) is 6.46. The van der Waals surface area contributed by atoms with Crippen LogP contribution in [0.15, 0.2) is 79.6 Å². The largest absolute Gasteiger partial charge is 0.367 e. The molecule has 1 aliphatic heterocycles. The number of fused-ring (bicyclic) bond motifs is 1. The van der Waals surface area contributed by atoms with Gasteiger partial charge in [0.1, 0.15) is 5.82 Å². The molecular weight excluding hydrogens is 434 g/mol. The summed E-state index contributed by atoms with van der Waals surface area (Å²) < 4.78 is 2.15. The van der Waals surface area contributed by atoms with E-state index >= 15 is 0 Å². The van der Waals surface area contributed by atoms with E-state index < -0.39 is 0 Å². The molecule has 6 heteroatoms. The Morgan fingerprint density at radius 3 is 2.86 bits per heavy atom. The summed E-state index contributed by atoms with van der Waals surface area (Å²) in [6.45, 7) is 7.43. The van der Waals surface area contributed by atoms with E-state index in [4.69, 9.17) is 0 Å². The molecule has 6 nitrogen and oxygen atoms in total. The van der Waals surface area contributed by atoms with Crippen molar-refractivity contribution < 1.29 is 4.79 Å². The van der Waals surface area contributed by atoms with Crippen molar-refractivity contribution in [3.63, 3.8) is 0 Å². The van der Waals surface area contributed by atoms with Crippen LogP contribution < -0.4 is 15.5 Å². The molecule has 0 bridgehead atoms. The Kier molecular flexibility index (Phi) is 6.27. The van der Waals surface area contributed by atoms with E-state index in [0.29, 0.717) is 12.6 Å². The molecule has 1 amide bonds. The maximum Gasteiger partial charge on any atom is 0.247 e. The Labute approximate surface area is 206 Å². The van der Waals surface area contributed by atoms with Crippen LogP contribution in [-0.2, 0) is 18.4 Å². The number of hydrogen-bond donors (Lipinski definition) is 2. The van der Waals surface area contributed by atoms with Crippen LogP contribution in [0.5, 0.6) is 0 Å². The summed E-state index contributed by atoms with van der Waals surface area (Å²) in [5.74, 6) is 0.608. The maximum atomic E-state index is 12.1. The zero-order valence-electron chi connectivity index (χ0n) is 20.3. The van der Waals surface area contributed by atoms with Gasteiger partial charge < -0.3 is 20.1 Å². The van der Waals surface area contributed by atoms with Gasteiger partial charge in [-0.2, -0.15) is 0 Å². The second kappa shape index (κ2) is 9.66. The molecule has 0 spiro atoms. The van der Waals surface area contributed by atoms with E-state index in [9.17, 15) is 4.79 Å². The van der Waals surface area contributed by atoms with Crippen LogP contribution in [0.2, 0.25) is 0 Å². The van der Waals surface area contributed by atoms with Crippen LogP contribution >= 0.6 is 0 Å². The number of para-hydroxylation sites is 1. The first-order chi connectivity index (χ1) is 17.0. The molecule has 0 aliphatic carbocycles. The van der Waals surface area contributed by atoms with Gasteiger partial charge in [0, 0.05) is 55.0 Å². The fourth-order valence-electron chi connectivity index (χ4n) is 4.98. The van der Waals surface area contributed by atoms with E-state index in [1.165, 1.54) is 22.5 Å². The van der Waals surface area contributed by atoms with Gasteiger partial charge >= 0.3 is 0 Å². The highest BCUT2D eigenvalue weighted by Crippen LogP contribution is 2.34. The number of aryl methyl sites for hydroxylation is 1. The number of pyridine rings is 1. The molecule has 0 radical (unpaired) electrons. The zero-order chi connectivity index (χ0) is 24.4. The monoisotopic (exact) mass is 465 g/mol. The summed E-state index contributed by atoms with van der Waals surface area (Å²) >= 11 is 0. The van der Waals surface area contributed by atoms with Crippen molar-refractivity contribution in [3.05, 3.63) is 85.2 Å². The standard InChI is InChI=1S/C29H31N5O/c1-4-29(35)32-25-16-21(11-12-27(25)34-15-7-8-20(34)2)18-31-28-17-22(13-14-30-28)24-19-33(3)26-10-6-5-9-23(24)26/h4-6,9-14,16-17,19-20H,1,7-8,15,18H2,2-3H3,(H,30,31)(H,32,35). The second-order valence-corrected chi connectivity index (χ2v) is 9.18. The smallest absolute Gasteiger partial charge is 0.247 e. The van der Waals surface area contributed by atoms with Crippen LogP contribution in [-0.4, -0.2) is 28.0 Å². The van der Waals surface area contributed by atoms with Gasteiger partial charge in [-0.3, -0.25) is 4.79 Å². The summed E-state index contributed by atoms with van der Waals surface area (Å²) in [5, 5.41) is 7.68. The van der Waals surface area contributed by atoms with Crippen molar-refractivity contribution in [1.82, 2.24) is 9.55 Å². The summed E-state index contributed by atoms with van der Waals surface area (Å²) in [4.78, 5) is 19.0. The minimum absolute atomic E-state index is 0.201. The van der Waals surface area contributed by atoms with Crippen LogP contribution in [0.3, 0.4) is 0 Å². The first-order valence-corrected chi connectivity index (χ1v) is 12.1. The van der Waals surface area contributed by atoms with Crippen LogP contribution in [0.4, 0.5) is 17.2 Å². The normalized spacial score (nSPS) is 15.4. The highest BCUT2D eigenvalue weighted by atomic mass is 16.1. The number of nitrogens with one attached hydrogen (secondary N) is 2. The third-order valence-electron chi connectivity index (χ3n) is 6.81. The number of carbonyl (C=O) groups excluding carboxylic acids is 1. The Morgan fingerprint density at radius 2 is 2.06 bits per heavy atom. The van der Waals surface area contributed by atoms with Crippen LogP contribution in [0.25, 0.3) is 22.0 Å². The quantitative estimate of drug-likeness (QED) is 0.330. The van der Waals surface area contributed by atoms with E-state index in [-0.39, 0.29) is 5.91 Å². The molecule has 1 fully saturated rings. The van der Waals surface area contributed by atoms with Crippen molar-refractivity contribution in [1.29, 1.82) is 0 Å². The molecule has 1 saturated heterocycles. The molecule has 35 heavy (non-hydrogen) atoms. The molecule has 1 atom stereocenters. The number of benzene rings is 2. The molecule has 5 rings (SSSR count). The molecule has 2 aromatic heterocycles. The molecular formula is C29H31N5O. The van der Waals surface area contributed by atoms with Gasteiger partial charge in [0.15, 0.2) is 0 Å². The Hall–Kier alpha value is -4.06. The van der Waals surface area contributed by atoms with E-state index in [0.717, 1.165) is 47.7 Å². The van der Waals surface area contributed by atoms with Gasteiger partial charge in [-0.05, 0) is 67.3 Å². The lowest BCUT2D eigenvalue weighted by atomic mass is 10.1. The first-order valence-electron chi connectivity index (χ1n) is 12.1. The Bertz CT molecular complexity index is 1390. The van der Waals surface area contributed by atoms with Gasteiger partial charge in [-0.15, -0.1) is 0 Å². The van der Waals surface area contributed by atoms with Crippen molar-refractivity contribution in [2.75, 3.05) is 22.1 Å². The molecule has 2 aromatic carbocycles.